The summed E-state index contributed by atoms with van der Waals surface area (Å²) >= 11 is 4.93. The van der Waals surface area contributed by atoms with Gasteiger partial charge in [0.1, 0.15) is 13.2 Å². The molecule has 1 aliphatic heterocycles. The first-order valence-electron chi connectivity index (χ1n) is 8.93. The lowest BCUT2D eigenvalue weighted by Gasteiger charge is -2.22. The van der Waals surface area contributed by atoms with E-state index in [1.807, 2.05) is 50.5 Å². The molecule has 29 heavy (non-hydrogen) atoms. The quantitative estimate of drug-likeness (QED) is 0.520. The molecule has 1 amide bonds. The van der Waals surface area contributed by atoms with Crippen LogP contribution in [0.3, 0.4) is 0 Å². The minimum Gasteiger partial charge on any atom is -0.486 e. The van der Waals surface area contributed by atoms with Gasteiger partial charge in [-0.25, -0.2) is 4.98 Å². The second-order valence-corrected chi connectivity index (χ2v) is 8.66. The van der Waals surface area contributed by atoms with Crippen molar-refractivity contribution in [3.05, 3.63) is 46.4 Å². The van der Waals surface area contributed by atoms with Crippen LogP contribution in [0, 0.1) is 0 Å². The van der Waals surface area contributed by atoms with Gasteiger partial charge in [-0.3, -0.25) is 9.69 Å². The molecule has 0 saturated carbocycles. The molecule has 0 bridgehead atoms. The summed E-state index contributed by atoms with van der Waals surface area (Å²) in [5.74, 6) is 1.36. The number of nitrogens with zero attached hydrogens (tertiary/aromatic N) is 3. The number of hydrogen-bond donors (Lipinski definition) is 0. The van der Waals surface area contributed by atoms with Crippen molar-refractivity contribution in [2.24, 2.45) is 0 Å². The molecule has 1 aliphatic rings. The van der Waals surface area contributed by atoms with Gasteiger partial charge < -0.3 is 14.4 Å². The van der Waals surface area contributed by atoms with Gasteiger partial charge in [0.05, 0.1) is 10.2 Å². The first-order valence-corrected chi connectivity index (χ1v) is 10.5. The number of benzene rings is 2. The molecule has 1 aromatic heterocycles. The molecule has 3 aromatic rings. The number of carbonyl (C=O) groups excluding carboxylic acids is 1. The van der Waals surface area contributed by atoms with Crippen LogP contribution in [0.1, 0.15) is 10.4 Å². The summed E-state index contributed by atoms with van der Waals surface area (Å²) in [7, 11) is 3.98. The highest BCUT2D eigenvalue weighted by Crippen LogP contribution is 2.39. The van der Waals surface area contributed by atoms with Crippen molar-refractivity contribution in [1.29, 1.82) is 0 Å². The highest BCUT2D eigenvalue weighted by atomic mass is 79.9. The van der Waals surface area contributed by atoms with E-state index >= 15 is 0 Å². The minimum atomic E-state index is -0.0699. The van der Waals surface area contributed by atoms with Crippen LogP contribution in [0.2, 0.25) is 0 Å². The largest absolute Gasteiger partial charge is 0.486 e. The van der Waals surface area contributed by atoms with Crippen LogP contribution in [0.25, 0.3) is 10.2 Å². The maximum absolute atomic E-state index is 13.2. The molecule has 0 saturated heterocycles. The molecule has 154 valence electrons. The molecule has 0 atom stereocenters. The number of thiazole rings is 1. The summed E-state index contributed by atoms with van der Waals surface area (Å²) in [6.45, 7) is 2.36. The third kappa shape index (κ3) is 4.83. The molecule has 2 heterocycles. The van der Waals surface area contributed by atoms with Crippen LogP contribution in [0.4, 0.5) is 5.13 Å². The Morgan fingerprint density at radius 3 is 2.55 bits per heavy atom. The zero-order valence-electron chi connectivity index (χ0n) is 16.1. The summed E-state index contributed by atoms with van der Waals surface area (Å²) in [5, 5.41) is 0.671. The smallest absolute Gasteiger partial charge is 0.260 e. The van der Waals surface area contributed by atoms with Crippen molar-refractivity contribution in [2.45, 2.75) is 0 Å². The maximum atomic E-state index is 13.2. The van der Waals surface area contributed by atoms with Crippen LogP contribution in [0.15, 0.2) is 40.9 Å². The monoisotopic (exact) mass is 497 g/mol. The van der Waals surface area contributed by atoms with Gasteiger partial charge in [0.25, 0.3) is 5.91 Å². The van der Waals surface area contributed by atoms with E-state index in [0.29, 0.717) is 36.2 Å². The van der Waals surface area contributed by atoms with E-state index in [0.717, 1.165) is 27.0 Å². The lowest BCUT2D eigenvalue weighted by atomic mass is 10.2. The lowest BCUT2D eigenvalue weighted by molar-refractivity contribution is 0.0985. The second-order valence-electron chi connectivity index (χ2n) is 6.73. The fourth-order valence-corrected chi connectivity index (χ4v) is 4.33. The Balaban J connectivity index is 0.00000240. The van der Waals surface area contributed by atoms with Gasteiger partial charge in [-0.2, -0.15) is 0 Å². The number of ether oxygens (including phenoxy) is 2. The maximum Gasteiger partial charge on any atom is 0.260 e. The average Bonchev–Trinajstić information content (AvgIpc) is 3.08. The topological polar surface area (TPSA) is 54.9 Å². The number of fused-ring (bicyclic) bond motifs is 2. The van der Waals surface area contributed by atoms with E-state index in [2.05, 4.69) is 20.8 Å². The molecule has 0 N–H and O–H groups in total. The lowest BCUT2D eigenvalue weighted by Crippen LogP contribution is -2.36. The van der Waals surface area contributed by atoms with E-state index < -0.39 is 0 Å². The number of hydrogen-bond acceptors (Lipinski definition) is 6. The fraction of sp³-hybridized carbons (Fsp3) is 0.300. The molecule has 0 aliphatic carbocycles. The third-order valence-electron chi connectivity index (χ3n) is 4.36. The van der Waals surface area contributed by atoms with Crippen molar-refractivity contribution >= 4 is 60.9 Å². The number of halogens is 2. The van der Waals surface area contributed by atoms with Crippen molar-refractivity contribution < 1.29 is 14.3 Å². The van der Waals surface area contributed by atoms with E-state index in [9.17, 15) is 4.79 Å². The molecule has 0 unspecified atom stereocenters. The van der Waals surface area contributed by atoms with Gasteiger partial charge in [-0.1, -0.05) is 33.3 Å². The first kappa shape index (κ1) is 21.8. The van der Waals surface area contributed by atoms with Crippen molar-refractivity contribution in [1.82, 2.24) is 9.88 Å². The second kappa shape index (κ2) is 9.30. The molecular weight excluding hydrogens is 478 g/mol. The zero-order valence-corrected chi connectivity index (χ0v) is 19.3. The van der Waals surface area contributed by atoms with Crippen molar-refractivity contribution in [3.8, 4) is 11.5 Å². The van der Waals surface area contributed by atoms with Crippen LogP contribution >= 0.6 is 39.7 Å². The van der Waals surface area contributed by atoms with Crippen LogP contribution < -0.4 is 14.4 Å². The average molecular weight is 499 g/mol. The van der Waals surface area contributed by atoms with Crippen molar-refractivity contribution in [2.75, 3.05) is 45.3 Å². The first-order chi connectivity index (χ1) is 13.5. The SMILES string of the molecule is CN(C)CCN(C(=O)c1cccc(Br)c1)c1nc2cc3c(cc2s1)OCCO3.Cl. The Morgan fingerprint density at radius 2 is 1.86 bits per heavy atom. The van der Waals surface area contributed by atoms with Crippen LogP contribution in [-0.4, -0.2) is 56.2 Å². The van der Waals surface area contributed by atoms with Gasteiger partial charge >= 0.3 is 0 Å². The fourth-order valence-electron chi connectivity index (χ4n) is 2.93. The Labute approximate surface area is 188 Å². The highest BCUT2D eigenvalue weighted by Gasteiger charge is 2.23. The predicted octanol–water partition coefficient (Wildman–Crippen LogP) is 4.46. The number of aromatic nitrogens is 1. The summed E-state index contributed by atoms with van der Waals surface area (Å²) in [4.78, 5) is 21.8. The predicted molar refractivity (Wildman–Crippen MR) is 122 cm³/mol. The summed E-state index contributed by atoms with van der Waals surface area (Å²) in [6, 6.07) is 11.3. The Morgan fingerprint density at radius 1 is 1.14 bits per heavy atom. The number of carbonyl (C=O) groups is 1. The van der Waals surface area contributed by atoms with Gasteiger partial charge in [0, 0.05) is 35.3 Å². The molecule has 0 spiro atoms. The molecule has 6 nitrogen and oxygen atoms in total. The summed E-state index contributed by atoms with van der Waals surface area (Å²) in [5.41, 5.74) is 1.43. The molecular formula is C20H21BrClN3O3S. The Kier molecular flexibility index (Phi) is 7.00. The molecule has 2 aromatic carbocycles. The Bertz CT molecular complexity index is 984. The van der Waals surface area contributed by atoms with Crippen molar-refractivity contribution in [3.63, 3.8) is 0 Å². The number of amides is 1. The van der Waals surface area contributed by atoms with E-state index in [1.165, 1.54) is 11.3 Å². The number of likely N-dealkylation sites (N-methyl/N-ethyl adjacent to an activating group) is 1. The summed E-state index contributed by atoms with van der Waals surface area (Å²) in [6.07, 6.45) is 0. The molecule has 0 fully saturated rings. The Hall–Kier alpha value is -1.87. The third-order valence-corrected chi connectivity index (χ3v) is 5.89. The minimum absolute atomic E-state index is 0. The van der Waals surface area contributed by atoms with E-state index in [1.54, 1.807) is 4.90 Å². The summed E-state index contributed by atoms with van der Waals surface area (Å²) < 4.78 is 13.2. The van der Waals surface area contributed by atoms with E-state index in [4.69, 9.17) is 14.5 Å². The molecule has 4 rings (SSSR count). The van der Waals surface area contributed by atoms with E-state index in [-0.39, 0.29) is 18.3 Å². The molecule has 0 radical (unpaired) electrons. The van der Waals surface area contributed by atoms with Gasteiger partial charge in [-0.05, 0) is 32.3 Å². The van der Waals surface area contributed by atoms with Crippen LogP contribution in [0.5, 0.6) is 11.5 Å². The zero-order chi connectivity index (χ0) is 19.7. The van der Waals surface area contributed by atoms with Gasteiger partial charge in [0.15, 0.2) is 16.6 Å². The normalized spacial score (nSPS) is 12.7. The highest BCUT2D eigenvalue weighted by molar-refractivity contribution is 9.10. The molecule has 9 heteroatoms. The number of rotatable bonds is 5. The van der Waals surface area contributed by atoms with Crippen LogP contribution in [-0.2, 0) is 0 Å². The van der Waals surface area contributed by atoms with Gasteiger partial charge in [0.2, 0.25) is 0 Å². The standard InChI is InChI=1S/C20H20BrN3O3S.ClH/c1-23(2)6-7-24(19(25)13-4-3-5-14(21)10-13)20-22-15-11-16-17(12-18(15)28-20)27-9-8-26-16;/h3-5,10-12H,6-9H2,1-2H3;1H. The van der Waals surface area contributed by atoms with Gasteiger partial charge in [-0.15, -0.1) is 12.4 Å². The number of anilines is 1.